The zero-order valence-electron chi connectivity index (χ0n) is 15.5. The van der Waals surface area contributed by atoms with Gasteiger partial charge < -0.3 is 19.5 Å². The van der Waals surface area contributed by atoms with Gasteiger partial charge in [-0.2, -0.15) is 0 Å². The first kappa shape index (κ1) is 20.2. The number of aromatic nitrogens is 3. The van der Waals surface area contributed by atoms with E-state index in [9.17, 15) is 0 Å². The number of imidazole rings is 1. The number of guanidine groups is 1. The molecule has 140 valence electrons. The molecule has 0 radical (unpaired) electrons. The van der Waals surface area contributed by atoms with E-state index in [4.69, 9.17) is 4.42 Å². The van der Waals surface area contributed by atoms with E-state index in [0.717, 1.165) is 35.8 Å². The van der Waals surface area contributed by atoms with Crippen LogP contribution in [-0.2, 0) is 13.0 Å². The second kappa shape index (κ2) is 9.02. The molecule has 0 atom stereocenters. The predicted octanol–water partition coefficient (Wildman–Crippen LogP) is 2.77. The lowest BCUT2D eigenvalue weighted by molar-refractivity contribution is 0.463. The van der Waals surface area contributed by atoms with Crippen molar-refractivity contribution in [2.24, 2.45) is 4.99 Å². The average Bonchev–Trinajstić information content (AvgIpc) is 3.15. The van der Waals surface area contributed by atoms with Gasteiger partial charge in [-0.3, -0.25) is 4.99 Å². The maximum Gasteiger partial charge on any atom is 0.214 e. The Morgan fingerprint density at radius 2 is 2.04 bits per heavy atom. The molecule has 7 nitrogen and oxygen atoms in total. The fourth-order valence-corrected chi connectivity index (χ4v) is 2.63. The summed E-state index contributed by atoms with van der Waals surface area (Å²) in [6, 6.07) is 4.10. The third-order valence-electron chi connectivity index (χ3n) is 4.10. The fourth-order valence-electron chi connectivity index (χ4n) is 2.63. The van der Waals surface area contributed by atoms with Crippen LogP contribution >= 0.6 is 24.0 Å². The number of fused-ring (bicyclic) bond motifs is 1. The number of oxazole rings is 1. The molecule has 0 bridgehead atoms. The molecular formula is C18H25IN6O. The Balaban J connectivity index is 0.00000243. The van der Waals surface area contributed by atoms with Gasteiger partial charge in [0.2, 0.25) is 5.89 Å². The lowest BCUT2D eigenvalue weighted by Crippen LogP contribution is -2.38. The highest BCUT2D eigenvalue weighted by Crippen LogP contribution is 2.10. The van der Waals surface area contributed by atoms with Crippen LogP contribution in [0.1, 0.15) is 28.6 Å². The summed E-state index contributed by atoms with van der Waals surface area (Å²) in [5, 5.41) is 6.49. The summed E-state index contributed by atoms with van der Waals surface area (Å²) in [6.45, 7) is 7.16. The van der Waals surface area contributed by atoms with E-state index >= 15 is 0 Å². The molecule has 0 aliphatic heterocycles. The smallest absolute Gasteiger partial charge is 0.214 e. The molecule has 3 aromatic heterocycles. The Morgan fingerprint density at radius 3 is 2.69 bits per heavy atom. The Bertz CT molecular complexity index is 879. The normalized spacial score (nSPS) is 11.5. The summed E-state index contributed by atoms with van der Waals surface area (Å²) in [4.78, 5) is 13.3. The second-order valence-corrected chi connectivity index (χ2v) is 6.01. The minimum absolute atomic E-state index is 0. The van der Waals surface area contributed by atoms with Gasteiger partial charge in [0.15, 0.2) is 5.96 Å². The van der Waals surface area contributed by atoms with Gasteiger partial charge in [0, 0.05) is 32.4 Å². The quantitative estimate of drug-likeness (QED) is 0.342. The summed E-state index contributed by atoms with van der Waals surface area (Å²) >= 11 is 0. The number of rotatable bonds is 5. The first-order chi connectivity index (χ1) is 12.1. The van der Waals surface area contributed by atoms with Gasteiger partial charge >= 0.3 is 0 Å². The van der Waals surface area contributed by atoms with Gasteiger partial charge in [-0.05, 0) is 32.4 Å². The highest BCUT2D eigenvalue weighted by molar-refractivity contribution is 14.0. The van der Waals surface area contributed by atoms with Crippen molar-refractivity contribution in [3.8, 4) is 0 Å². The molecule has 8 heteroatoms. The molecule has 3 rings (SSSR count). The van der Waals surface area contributed by atoms with Gasteiger partial charge in [0.25, 0.3) is 0 Å². The molecule has 26 heavy (non-hydrogen) atoms. The van der Waals surface area contributed by atoms with Crippen molar-refractivity contribution >= 4 is 35.6 Å². The van der Waals surface area contributed by atoms with Crippen LogP contribution in [-0.4, -0.2) is 33.9 Å². The van der Waals surface area contributed by atoms with Crippen molar-refractivity contribution in [3.63, 3.8) is 0 Å². The second-order valence-electron chi connectivity index (χ2n) is 6.01. The van der Waals surface area contributed by atoms with Crippen molar-refractivity contribution in [2.45, 2.75) is 33.7 Å². The molecule has 0 unspecified atom stereocenters. The molecule has 3 heterocycles. The number of hydrogen-bond acceptors (Lipinski definition) is 4. The molecule has 0 fully saturated rings. The van der Waals surface area contributed by atoms with Crippen LogP contribution in [0.25, 0.3) is 5.65 Å². The van der Waals surface area contributed by atoms with Crippen LogP contribution in [0.4, 0.5) is 0 Å². The van der Waals surface area contributed by atoms with Gasteiger partial charge in [0.05, 0.1) is 17.9 Å². The van der Waals surface area contributed by atoms with Crippen molar-refractivity contribution in [1.82, 2.24) is 25.0 Å². The van der Waals surface area contributed by atoms with Crippen LogP contribution in [0, 0.1) is 20.8 Å². The largest absolute Gasteiger partial charge is 0.444 e. The highest BCUT2D eigenvalue weighted by atomic mass is 127. The monoisotopic (exact) mass is 468 g/mol. The number of nitrogens with zero attached hydrogens (tertiary/aromatic N) is 4. The van der Waals surface area contributed by atoms with Crippen LogP contribution < -0.4 is 10.6 Å². The fraction of sp³-hybridized carbons (Fsp3) is 0.389. The first-order valence-corrected chi connectivity index (χ1v) is 8.37. The molecule has 0 spiro atoms. The molecule has 0 aliphatic rings. The number of pyridine rings is 1. The number of halogens is 1. The molecule has 3 aromatic rings. The molecule has 0 amide bonds. The first-order valence-electron chi connectivity index (χ1n) is 8.37. The summed E-state index contributed by atoms with van der Waals surface area (Å²) in [7, 11) is 1.75. The lowest BCUT2D eigenvalue weighted by atomic mass is 10.3. The number of aryl methyl sites for hydroxylation is 3. The van der Waals surface area contributed by atoms with E-state index in [1.807, 2.05) is 26.1 Å². The number of aliphatic imine (C=N–C) groups is 1. The van der Waals surface area contributed by atoms with Crippen LogP contribution in [0.15, 0.2) is 33.9 Å². The van der Waals surface area contributed by atoms with Crippen molar-refractivity contribution < 1.29 is 4.42 Å². The summed E-state index contributed by atoms with van der Waals surface area (Å²) in [5.41, 5.74) is 4.16. The van der Waals surface area contributed by atoms with E-state index in [2.05, 4.69) is 49.2 Å². The number of nitrogens with one attached hydrogen (secondary N) is 2. The maximum atomic E-state index is 5.56. The van der Waals surface area contributed by atoms with E-state index < -0.39 is 0 Å². The zero-order chi connectivity index (χ0) is 17.8. The Labute approximate surface area is 170 Å². The Hall–Kier alpha value is -2.10. The summed E-state index contributed by atoms with van der Waals surface area (Å²) in [5.74, 6) is 2.23. The van der Waals surface area contributed by atoms with Crippen molar-refractivity contribution in [1.29, 1.82) is 0 Å². The van der Waals surface area contributed by atoms with Crippen LogP contribution in [0.3, 0.4) is 0 Å². The molecule has 0 saturated carbocycles. The maximum absolute atomic E-state index is 5.56. The standard InChI is InChI=1S/C18H24N6O.HI/c1-12-6-5-9-24-11-15(23-17(12)24)7-8-20-18(19-4)21-10-16-22-13(2)14(3)25-16;/h5-6,9,11H,7-8,10H2,1-4H3,(H2,19,20,21);1H. The summed E-state index contributed by atoms with van der Waals surface area (Å²) < 4.78 is 7.62. The molecule has 0 aromatic carbocycles. The average molecular weight is 468 g/mol. The van der Waals surface area contributed by atoms with Gasteiger partial charge in [-0.25, -0.2) is 9.97 Å². The topological polar surface area (TPSA) is 79.8 Å². The van der Waals surface area contributed by atoms with E-state index in [-0.39, 0.29) is 24.0 Å². The van der Waals surface area contributed by atoms with Crippen molar-refractivity contribution in [2.75, 3.05) is 13.6 Å². The van der Waals surface area contributed by atoms with Crippen LogP contribution in [0.2, 0.25) is 0 Å². The predicted molar refractivity (Wildman–Crippen MR) is 113 cm³/mol. The number of hydrogen-bond donors (Lipinski definition) is 2. The van der Waals surface area contributed by atoms with Gasteiger partial charge in [0.1, 0.15) is 11.4 Å². The van der Waals surface area contributed by atoms with Gasteiger partial charge in [-0.1, -0.05) is 6.07 Å². The molecule has 2 N–H and O–H groups in total. The SMILES string of the molecule is CN=C(NCCc1cn2cccc(C)c2n1)NCc1nc(C)c(C)o1.I. The molecule has 0 aliphatic carbocycles. The van der Waals surface area contributed by atoms with Gasteiger partial charge in [-0.15, -0.1) is 24.0 Å². The highest BCUT2D eigenvalue weighted by Gasteiger charge is 2.07. The Kier molecular flexibility index (Phi) is 7.01. The summed E-state index contributed by atoms with van der Waals surface area (Å²) in [6.07, 6.45) is 4.91. The third-order valence-corrected chi connectivity index (χ3v) is 4.10. The zero-order valence-corrected chi connectivity index (χ0v) is 17.9. The third kappa shape index (κ3) is 4.75. The molecular weight excluding hydrogens is 443 g/mol. The minimum Gasteiger partial charge on any atom is -0.444 e. The van der Waals surface area contributed by atoms with E-state index in [1.54, 1.807) is 7.05 Å². The van der Waals surface area contributed by atoms with Crippen molar-refractivity contribution in [3.05, 3.63) is 53.1 Å². The molecule has 0 saturated heterocycles. The van der Waals surface area contributed by atoms with E-state index in [0.29, 0.717) is 18.4 Å². The Morgan fingerprint density at radius 1 is 1.23 bits per heavy atom. The lowest BCUT2D eigenvalue weighted by Gasteiger charge is -2.09. The van der Waals surface area contributed by atoms with Crippen LogP contribution in [0.5, 0.6) is 0 Å². The van der Waals surface area contributed by atoms with E-state index in [1.165, 1.54) is 5.56 Å². The minimum atomic E-state index is 0.